The number of amides is 2. The van der Waals surface area contributed by atoms with Crippen molar-refractivity contribution in [2.45, 2.75) is 343 Å². The zero-order chi connectivity index (χ0) is 55.1. The zero-order valence-electron chi connectivity index (χ0n) is 50.9. The molecule has 0 aromatic rings. The summed E-state index contributed by atoms with van der Waals surface area (Å²) in [5.74, 6) is 0.137. The summed E-state index contributed by atoms with van der Waals surface area (Å²) in [6, 6.07) is 0. The summed E-state index contributed by atoms with van der Waals surface area (Å²) in [5, 5.41) is 9.51. The van der Waals surface area contributed by atoms with Gasteiger partial charge in [-0.05, 0) is 116 Å². The molecular formula is C65H127N3O7. The molecule has 2 unspecified atom stereocenters. The van der Waals surface area contributed by atoms with Crippen molar-refractivity contribution in [1.29, 1.82) is 0 Å². The summed E-state index contributed by atoms with van der Waals surface area (Å²) < 4.78 is 12.2. The third-order valence-electron chi connectivity index (χ3n) is 15.4. The smallest absolute Gasteiger partial charge is 0.306 e. The molecule has 1 N–H and O–H groups in total. The molecule has 0 aromatic heterocycles. The number of carbonyl (C=O) groups excluding carboxylic acids is 4. The molecule has 10 heteroatoms. The summed E-state index contributed by atoms with van der Waals surface area (Å²) in [7, 11) is 0. The van der Waals surface area contributed by atoms with Gasteiger partial charge in [-0.15, -0.1) is 0 Å². The molecule has 0 rings (SSSR count). The summed E-state index contributed by atoms with van der Waals surface area (Å²) in [5.41, 5.74) is 0. The third-order valence-corrected chi connectivity index (χ3v) is 15.4. The van der Waals surface area contributed by atoms with Crippen molar-refractivity contribution in [3.63, 3.8) is 0 Å². The van der Waals surface area contributed by atoms with E-state index in [4.69, 9.17) is 9.47 Å². The van der Waals surface area contributed by atoms with Crippen LogP contribution in [0.15, 0.2) is 0 Å². The molecule has 444 valence electrons. The van der Waals surface area contributed by atoms with Crippen molar-refractivity contribution in [2.75, 3.05) is 52.4 Å². The van der Waals surface area contributed by atoms with Crippen molar-refractivity contribution >= 4 is 23.8 Å². The Hall–Kier alpha value is -2.20. The van der Waals surface area contributed by atoms with Gasteiger partial charge in [-0.25, -0.2) is 0 Å². The quantitative estimate of drug-likeness (QED) is 0.0473. The van der Waals surface area contributed by atoms with Crippen LogP contribution in [0.4, 0.5) is 0 Å². The second kappa shape index (κ2) is 56.5. The van der Waals surface area contributed by atoms with Gasteiger partial charge in [0, 0.05) is 71.6 Å². The number of aliphatic hydroxyl groups is 1. The van der Waals surface area contributed by atoms with E-state index in [1.165, 1.54) is 141 Å². The Labute approximate surface area is 465 Å². The fourth-order valence-corrected chi connectivity index (χ4v) is 10.4. The lowest BCUT2D eigenvalue weighted by Crippen LogP contribution is -2.39. The summed E-state index contributed by atoms with van der Waals surface area (Å²) in [6.07, 6.45) is 46.8. The molecule has 0 aromatic carbocycles. The molecule has 0 aliphatic carbocycles. The van der Waals surface area contributed by atoms with E-state index in [-0.39, 0.29) is 42.6 Å². The fraction of sp³-hybridized carbons (Fsp3) is 0.938. The van der Waals surface area contributed by atoms with Gasteiger partial charge in [0.15, 0.2) is 0 Å². The SMILES string of the molecule is CCCCCCCCC(CCCCCC)OC(=O)CCCCN(CCCCCCC)C(=O)CCN(CCCCCO)CCC(=O)N(CCCCCCC)CCCCC(=O)OC(CCCCCC)CCCCCCCC. The number of nitrogens with zero attached hydrogens (tertiary/aromatic N) is 3. The number of rotatable bonds is 59. The van der Waals surface area contributed by atoms with Crippen molar-refractivity contribution in [1.82, 2.24) is 14.7 Å². The van der Waals surface area contributed by atoms with E-state index in [2.05, 4.69) is 46.4 Å². The molecule has 0 bridgehead atoms. The maximum Gasteiger partial charge on any atom is 0.306 e. The van der Waals surface area contributed by atoms with Gasteiger partial charge in [-0.1, -0.05) is 196 Å². The third kappa shape index (κ3) is 47.5. The summed E-state index contributed by atoms with van der Waals surface area (Å²) >= 11 is 0. The molecule has 0 saturated heterocycles. The highest BCUT2D eigenvalue weighted by atomic mass is 16.5. The Bertz CT molecular complexity index is 1180. The highest BCUT2D eigenvalue weighted by Crippen LogP contribution is 2.20. The Morgan fingerprint density at radius 1 is 0.307 bits per heavy atom. The molecule has 0 spiro atoms. The number of hydrogen-bond acceptors (Lipinski definition) is 8. The Morgan fingerprint density at radius 2 is 0.573 bits per heavy atom. The summed E-state index contributed by atoms with van der Waals surface area (Å²) in [6.45, 7) is 18.3. The maximum atomic E-state index is 14.1. The number of ether oxygens (including phenoxy) is 2. The standard InChI is InChI=1S/C65H127N3O7/c1-7-13-19-25-27-34-46-60(44-32-23-17-11-5)74-64(72)48-36-41-55-67(53-39-29-21-15-9-3)62(70)50-57-66(52-38-31-43-59-69)58-51-63(71)68(54-40-30-22-16-10-4)56-42-37-49-65(73)75-61(45-33-24-18-12-6)47-35-28-26-20-14-8-2/h60-61,69H,7-59H2,1-6H3. The second-order valence-corrected chi connectivity index (χ2v) is 22.7. The molecule has 0 heterocycles. The lowest BCUT2D eigenvalue weighted by Gasteiger charge is -2.28. The van der Waals surface area contributed by atoms with Crippen molar-refractivity contribution < 1.29 is 33.8 Å². The maximum absolute atomic E-state index is 14.1. The topological polar surface area (TPSA) is 117 Å². The van der Waals surface area contributed by atoms with E-state index >= 15 is 0 Å². The van der Waals surface area contributed by atoms with E-state index in [1.807, 2.05) is 9.80 Å². The monoisotopic (exact) mass is 1060 g/mol. The van der Waals surface area contributed by atoms with E-state index in [1.54, 1.807) is 0 Å². The molecule has 0 fully saturated rings. The first-order valence-electron chi connectivity index (χ1n) is 33.0. The predicted octanol–water partition coefficient (Wildman–Crippen LogP) is 17.4. The Kier molecular flexibility index (Phi) is 54.9. The van der Waals surface area contributed by atoms with Crippen LogP contribution < -0.4 is 0 Å². The summed E-state index contributed by atoms with van der Waals surface area (Å²) in [4.78, 5) is 60.8. The lowest BCUT2D eigenvalue weighted by atomic mass is 10.0. The van der Waals surface area contributed by atoms with Crippen LogP contribution in [0.2, 0.25) is 0 Å². The van der Waals surface area contributed by atoms with Gasteiger partial charge in [0.2, 0.25) is 11.8 Å². The number of carbonyl (C=O) groups is 4. The zero-order valence-corrected chi connectivity index (χ0v) is 50.9. The molecule has 2 amide bonds. The van der Waals surface area contributed by atoms with E-state index in [0.717, 1.165) is 142 Å². The Balaban J connectivity index is 5.61. The van der Waals surface area contributed by atoms with Crippen LogP contribution in [0.5, 0.6) is 0 Å². The van der Waals surface area contributed by atoms with Crippen LogP contribution >= 0.6 is 0 Å². The minimum atomic E-state index is -0.0871. The average Bonchev–Trinajstić information content (AvgIpc) is 3.40. The Morgan fingerprint density at radius 3 is 0.907 bits per heavy atom. The minimum absolute atomic E-state index is 0.0203. The van der Waals surface area contributed by atoms with Crippen LogP contribution in [0.3, 0.4) is 0 Å². The second-order valence-electron chi connectivity index (χ2n) is 22.7. The van der Waals surface area contributed by atoms with Gasteiger partial charge < -0.3 is 29.3 Å². The van der Waals surface area contributed by atoms with Gasteiger partial charge in [0.05, 0.1) is 0 Å². The number of esters is 2. The molecule has 0 aliphatic heterocycles. The predicted molar refractivity (Wildman–Crippen MR) is 318 cm³/mol. The molecule has 0 saturated carbocycles. The number of aliphatic hydroxyl groups excluding tert-OH is 1. The largest absolute Gasteiger partial charge is 0.462 e. The van der Waals surface area contributed by atoms with Crippen molar-refractivity contribution in [3.8, 4) is 0 Å². The lowest BCUT2D eigenvalue weighted by molar-refractivity contribution is -0.151. The van der Waals surface area contributed by atoms with Crippen LogP contribution in [-0.4, -0.2) is 108 Å². The van der Waals surface area contributed by atoms with Crippen LogP contribution in [0.25, 0.3) is 0 Å². The first-order chi connectivity index (χ1) is 36.7. The highest BCUT2D eigenvalue weighted by molar-refractivity contribution is 5.77. The van der Waals surface area contributed by atoms with Gasteiger partial charge in [0.1, 0.15) is 12.2 Å². The molecule has 0 radical (unpaired) electrons. The van der Waals surface area contributed by atoms with Gasteiger partial charge in [-0.3, -0.25) is 19.2 Å². The average molecular weight is 1060 g/mol. The van der Waals surface area contributed by atoms with Crippen molar-refractivity contribution in [2.24, 2.45) is 0 Å². The van der Waals surface area contributed by atoms with Crippen LogP contribution in [-0.2, 0) is 28.7 Å². The fourth-order valence-electron chi connectivity index (χ4n) is 10.4. The van der Waals surface area contributed by atoms with Crippen LogP contribution in [0.1, 0.15) is 330 Å². The van der Waals surface area contributed by atoms with Crippen molar-refractivity contribution in [3.05, 3.63) is 0 Å². The van der Waals surface area contributed by atoms with E-state index in [0.29, 0.717) is 51.9 Å². The molecule has 2 atom stereocenters. The van der Waals surface area contributed by atoms with Gasteiger partial charge in [-0.2, -0.15) is 0 Å². The number of unbranched alkanes of at least 4 members (excludes halogenated alkanes) is 28. The first kappa shape index (κ1) is 72.8. The number of hydrogen-bond donors (Lipinski definition) is 1. The molecular weight excluding hydrogens is 935 g/mol. The molecule has 10 nitrogen and oxygen atoms in total. The van der Waals surface area contributed by atoms with Crippen LogP contribution in [0, 0.1) is 0 Å². The van der Waals surface area contributed by atoms with Gasteiger partial charge >= 0.3 is 11.9 Å². The van der Waals surface area contributed by atoms with Gasteiger partial charge in [0.25, 0.3) is 0 Å². The molecule has 75 heavy (non-hydrogen) atoms. The minimum Gasteiger partial charge on any atom is -0.462 e. The van der Waals surface area contributed by atoms with E-state index in [9.17, 15) is 24.3 Å². The highest BCUT2D eigenvalue weighted by Gasteiger charge is 2.21. The first-order valence-corrected chi connectivity index (χ1v) is 33.0. The normalized spacial score (nSPS) is 12.3. The molecule has 0 aliphatic rings. The van der Waals surface area contributed by atoms with E-state index < -0.39 is 0 Å².